The van der Waals surface area contributed by atoms with E-state index < -0.39 is 0 Å². The maximum atomic E-state index is 12.2. The summed E-state index contributed by atoms with van der Waals surface area (Å²) in [7, 11) is 0. The highest BCUT2D eigenvalue weighted by molar-refractivity contribution is 5.69. The van der Waals surface area contributed by atoms with Gasteiger partial charge in [0, 0.05) is 13.0 Å². The molecule has 0 aliphatic heterocycles. The summed E-state index contributed by atoms with van der Waals surface area (Å²) in [5.41, 5.74) is 0. The van der Waals surface area contributed by atoms with Crippen molar-refractivity contribution < 1.29 is 19.7 Å². The van der Waals surface area contributed by atoms with Crippen LogP contribution in [0.15, 0.2) is 0 Å². The van der Waals surface area contributed by atoms with Crippen molar-refractivity contribution in [3.8, 4) is 0 Å². The SMILES string of the molecule is CCCCCCCCCC(CCCCCCCC)CC(O)CCCCCCCN(CCO)CCCCCCCC(=O)OC(C)CCCCCCCC. The van der Waals surface area contributed by atoms with Crippen molar-refractivity contribution in [3.05, 3.63) is 0 Å². The van der Waals surface area contributed by atoms with Crippen LogP contribution in [0.3, 0.4) is 0 Å². The maximum Gasteiger partial charge on any atom is 0.306 e. The van der Waals surface area contributed by atoms with Gasteiger partial charge in [0.2, 0.25) is 0 Å². The predicted molar refractivity (Wildman–Crippen MR) is 227 cm³/mol. The van der Waals surface area contributed by atoms with Gasteiger partial charge in [-0.15, -0.1) is 0 Å². The van der Waals surface area contributed by atoms with Crippen molar-refractivity contribution in [1.29, 1.82) is 0 Å². The fourth-order valence-electron chi connectivity index (χ4n) is 7.90. The van der Waals surface area contributed by atoms with Crippen molar-refractivity contribution in [2.24, 2.45) is 5.92 Å². The molecule has 5 heteroatoms. The molecular weight excluding hydrogens is 643 g/mol. The Labute approximate surface area is 326 Å². The smallest absolute Gasteiger partial charge is 0.306 e. The van der Waals surface area contributed by atoms with Crippen LogP contribution in [-0.2, 0) is 9.53 Å². The van der Waals surface area contributed by atoms with Crippen LogP contribution >= 0.6 is 0 Å². The van der Waals surface area contributed by atoms with Gasteiger partial charge in [-0.05, 0) is 70.9 Å². The van der Waals surface area contributed by atoms with E-state index in [9.17, 15) is 15.0 Å². The lowest BCUT2D eigenvalue weighted by Gasteiger charge is -2.21. The number of hydrogen-bond donors (Lipinski definition) is 2. The van der Waals surface area contributed by atoms with E-state index in [-0.39, 0.29) is 24.8 Å². The van der Waals surface area contributed by atoms with E-state index in [4.69, 9.17) is 4.74 Å². The van der Waals surface area contributed by atoms with Gasteiger partial charge in [-0.25, -0.2) is 0 Å². The average molecular weight is 738 g/mol. The Bertz CT molecular complexity index is 703. The molecule has 0 bridgehead atoms. The molecule has 5 nitrogen and oxygen atoms in total. The zero-order valence-electron chi connectivity index (χ0n) is 36.0. The van der Waals surface area contributed by atoms with E-state index in [1.54, 1.807) is 0 Å². The molecule has 0 spiro atoms. The van der Waals surface area contributed by atoms with Crippen molar-refractivity contribution in [2.75, 3.05) is 26.2 Å². The summed E-state index contributed by atoms with van der Waals surface area (Å²) >= 11 is 0. The molecule has 0 aliphatic rings. The van der Waals surface area contributed by atoms with Crippen LogP contribution in [0.1, 0.15) is 252 Å². The van der Waals surface area contributed by atoms with Crippen LogP contribution in [-0.4, -0.2) is 59.5 Å². The van der Waals surface area contributed by atoms with E-state index in [2.05, 4.69) is 25.7 Å². The van der Waals surface area contributed by atoms with E-state index in [0.717, 1.165) is 71.0 Å². The zero-order chi connectivity index (χ0) is 38.2. The quantitative estimate of drug-likeness (QED) is 0.0482. The Balaban J connectivity index is 4.01. The lowest BCUT2D eigenvalue weighted by atomic mass is 9.88. The molecule has 312 valence electrons. The first-order valence-corrected chi connectivity index (χ1v) is 23.7. The molecule has 0 heterocycles. The van der Waals surface area contributed by atoms with Gasteiger partial charge >= 0.3 is 5.97 Å². The molecule has 2 N–H and O–H groups in total. The number of hydrogen-bond acceptors (Lipinski definition) is 5. The predicted octanol–water partition coefficient (Wildman–Crippen LogP) is 13.9. The third-order valence-corrected chi connectivity index (χ3v) is 11.4. The number of esters is 1. The van der Waals surface area contributed by atoms with Crippen LogP contribution < -0.4 is 0 Å². The fourth-order valence-corrected chi connectivity index (χ4v) is 7.90. The second kappa shape index (κ2) is 41.5. The second-order valence-electron chi connectivity index (χ2n) is 16.7. The number of aliphatic hydroxyl groups is 2. The highest BCUT2D eigenvalue weighted by atomic mass is 16.5. The number of ether oxygens (including phenoxy) is 1. The topological polar surface area (TPSA) is 70.0 Å². The third kappa shape index (κ3) is 37.7. The van der Waals surface area contributed by atoms with Gasteiger partial charge in [0.1, 0.15) is 0 Å². The molecule has 0 saturated carbocycles. The maximum absolute atomic E-state index is 12.2. The van der Waals surface area contributed by atoms with E-state index in [0.29, 0.717) is 12.3 Å². The Hall–Kier alpha value is -0.650. The van der Waals surface area contributed by atoms with Gasteiger partial charge < -0.3 is 19.8 Å². The second-order valence-corrected chi connectivity index (χ2v) is 16.7. The lowest BCUT2D eigenvalue weighted by molar-refractivity contribution is -0.148. The summed E-state index contributed by atoms with van der Waals surface area (Å²) < 4.78 is 5.63. The minimum absolute atomic E-state index is 0.0229. The number of nitrogens with zero attached hydrogens (tertiary/aromatic N) is 1. The number of carbonyl (C=O) groups excluding carboxylic acids is 1. The number of rotatable bonds is 43. The zero-order valence-corrected chi connectivity index (χ0v) is 36.0. The molecule has 0 fully saturated rings. The molecule has 3 unspecified atom stereocenters. The van der Waals surface area contributed by atoms with Gasteiger partial charge in [0.25, 0.3) is 0 Å². The van der Waals surface area contributed by atoms with Crippen LogP contribution in [0.4, 0.5) is 0 Å². The van der Waals surface area contributed by atoms with E-state index in [1.165, 1.54) is 167 Å². The molecule has 0 aromatic carbocycles. The van der Waals surface area contributed by atoms with Gasteiger partial charge in [0.15, 0.2) is 0 Å². The molecule has 0 saturated heterocycles. The van der Waals surface area contributed by atoms with Crippen molar-refractivity contribution in [3.63, 3.8) is 0 Å². The van der Waals surface area contributed by atoms with Crippen molar-refractivity contribution in [2.45, 2.75) is 265 Å². The molecule has 0 rings (SSSR count). The summed E-state index contributed by atoms with van der Waals surface area (Å²) in [6, 6.07) is 0. The average Bonchev–Trinajstić information content (AvgIpc) is 3.12. The molecular formula is C47H95NO4. The monoisotopic (exact) mass is 738 g/mol. The van der Waals surface area contributed by atoms with Crippen LogP contribution in [0, 0.1) is 5.92 Å². The van der Waals surface area contributed by atoms with Crippen molar-refractivity contribution in [1.82, 2.24) is 4.90 Å². The van der Waals surface area contributed by atoms with Gasteiger partial charge in [-0.3, -0.25) is 4.79 Å². The summed E-state index contributed by atoms with van der Waals surface area (Å²) in [5, 5.41) is 20.5. The highest BCUT2D eigenvalue weighted by Crippen LogP contribution is 2.25. The third-order valence-electron chi connectivity index (χ3n) is 11.4. The minimum atomic E-state index is -0.119. The van der Waals surface area contributed by atoms with Gasteiger partial charge in [0.05, 0.1) is 18.8 Å². The van der Waals surface area contributed by atoms with Crippen molar-refractivity contribution >= 4 is 5.97 Å². The molecule has 0 radical (unpaired) electrons. The molecule has 0 aromatic heterocycles. The normalized spacial score (nSPS) is 13.5. The standard InChI is InChI=1S/C47H95NO4/c1-5-8-11-14-17-22-29-36-45(35-28-21-16-13-10-7-3)43-46(50)37-30-23-18-25-32-39-48(41-42-49)40-33-26-19-24-31-38-47(51)52-44(4)34-27-20-15-12-9-6-2/h44-46,49-50H,5-43H2,1-4H3. The van der Waals surface area contributed by atoms with Gasteiger partial charge in [-0.2, -0.15) is 0 Å². The molecule has 3 atom stereocenters. The first-order chi connectivity index (χ1) is 25.5. The first-order valence-electron chi connectivity index (χ1n) is 23.7. The van der Waals surface area contributed by atoms with Crippen LogP contribution in [0.5, 0.6) is 0 Å². The van der Waals surface area contributed by atoms with Gasteiger partial charge in [-0.1, -0.05) is 194 Å². The summed E-state index contributed by atoms with van der Waals surface area (Å²) in [6.45, 7) is 12.0. The summed E-state index contributed by atoms with van der Waals surface area (Å²) in [4.78, 5) is 14.6. The minimum Gasteiger partial charge on any atom is -0.463 e. The highest BCUT2D eigenvalue weighted by Gasteiger charge is 2.15. The summed E-state index contributed by atoms with van der Waals surface area (Å²) in [5.74, 6) is 0.691. The number of unbranched alkanes of at least 4 members (excludes halogenated alkanes) is 24. The molecule has 0 amide bonds. The number of carbonyl (C=O) groups is 1. The largest absolute Gasteiger partial charge is 0.463 e. The number of aliphatic hydroxyl groups excluding tert-OH is 2. The Morgan fingerprint density at radius 2 is 0.885 bits per heavy atom. The lowest BCUT2D eigenvalue weighted by Crippen LogP contribution is -2.29. The first kappa shape index (κ1) is 51.4. The molecule has 0 aromatic rings. The van der Waals surface area contributed by atoms with E-state index >= 15 is 0 Å². The Morgan fingerprint density at radius 1 is 0.500 bits per heavy atom. The molecule has 52 heavy (non-hydrogen) atoms. The molecule has 0 aliphatic carbocycles. The van der Waals surface area contributed by atoms with Crippen LogP contribution in [0.2, 0.25) is 0 Å². The fraction of sp³-hybridized carbons (Fsp3) is 0.979. The Morgan fingerprint density at radius 3 is 1.35 bits per heavy atom. The Kier molecular flexibility index (Phi) is 41.0. The van der Waals surface area contributed by atoms with E-state index in [1.807, 2.05) is 6.92 Å². The summed E-state index contributed by atoms with van der Waals surface area (Å²) in [6.07, 6.45) is 43.2. The van der Waals surface area contributed by atoms with Crippen LogP contribution in [0.25, 0.3) is 0 Å².